The summed E-state index contributed by atoms with van der Waals surface area (Å²) in [5.41, 5.74) is 7.96. The molecular formula is C13H17N3O2S2. The Bertz CT molecular complexity index is 682. The highest BCUT2D eigenvalue weighted by molar-refractivity contribution is 7.89. The number of rotatable bonds is 5. The first-order chi connectivity index (χ1) is 9.34. The lowest BCUT2D eigenvalue weighted by Crippen LogP contribution is -2.19. The van der Waals surface area contributed by atoms with Crippen LogP contribution in [0.25, 0.3) is 0 Å². The summed E-state index contributed by atoms with van der Waals surface area (Å²) in [6.07, 6.45) is 0.850. The molecule has 1 aromatic heterocycles. The Morgan fingerprint density at radius 1 is 1.35 bits per heavy atom. The zero-order valence-corrected chi connectivity index (χ0v) is 12.7. The summed E-state index contributed by atoms with van der Waals surface area (Å²) in [6.45, 7) is 2.03. The molecule has 5 nitrogen and oxygen atoms in total. The molecule has 1 aromatic carbocycles. The molecule has 0 aliphatic rings. The first-order valence-electron chi connectivity index (χ1n) is 6.05. The van der Waals surface area contributed by atoms with Crippen LogP contribution in [0, 0.1) is 0 Å². The normalized spacial score (nSPS) is 13.1. The summed E-state index contributed by atoms with van der Waals surface area (Å²) < 4.78 is 22.8. The predicted molar refractivity (Wildman–Crippen MR) is 83.3 cm³/mol. The van der Waals surface area contributed by atoms with E-state index in [0.29, 0.717) is 11.4 Å². The van der Waals surface area contributed by atoms with E-state index in [1.165, 1.54) is 17.7 Å². The molecule has 108 valence electrons. The predicted octanol–water partition coefficient (Wildman–Crippen LogP) is 2.02. The number of anilines is 2. The van der Waals surface area contributed by atoms with E-state index >= 15 is 0 Å². The summed E-state index contributed by atoms with van der Waals surface area (Å²) in [6, 6.07) is 6.76. The van der Waals surface area contributed by atoms with Crippen molar-refractivity contribution < 1.29 is 8.42 Å². The SMILES string of the molecule is CC(Cc1ccsc1)Nc1cc(N)cc(S(N)(=O)=O)c1. The molecule has 0 radical (unpaired) electrons. The molecule has 2 rings (SSSR count). The van der Waals surface area contributed by atoms with Gasteiger partial charge in [-0.3, -0.25) is 0 Å². The van der Waals surface area contributed by atoms with Gasteiger partial charge in [0, 0.05) is 17.4 Å². The summed E-state index contributed by atoms with van der Waals surface area (Å²) in [5, 5.41) is 12.5. The van der Waals surface area contributed by atoms with E-state index in [1.807, 2.05) is 12.3 Å². The minimum Gasteiger partial charge on any atom is -0.399 e. The van der Waals surface area contributed by atoms with Crippen LogP contribution in [0.5, 0.6) is 0 Å². The molecule has 1 unspecified atom stereocenters. The van der Waals surface area contributed by atoms with Crippen molar-refractivity contribution in [1.29, 1.82) is 0 Å². The van der Waals surface area contributed by atoms with Crippen LogP contribution in [-0.2, 0) is 16.4 Å². The molecule has 0 aliphatic carbocycles. The van der Waals surface area contributed by atoms with Crippen molar-refractivity contribution in [2.24, 2.45) is 5.14 Å². The number of thiophene rings is 1. The Kier molecular flexibility index (Phi) is 4.32. The highest BCUT2D eigenvalue weighted by Gasteiger charge is 2.11. The lowest BCUT2D eigenvalue weighted by atomic mass is 10.1. The highest BCUT2D eigenvalue weighted by Crippen LogP contribution is 2.21. The maximum Gasteiger partial charge on any atom is 0.238 e. The third kappa shape index (κ3) is 3.96. The van der Waals surface area contributed by atoms with E-state index in [0.717, 1.165) is 6.42 Å². The average molecular weight is 311 g/mol. The maximum atomic E-state index is 11.4. The van der Waals surface area contributed by atoms with Crippen LogP contribution >= 0.6 is 11.3 Å². The number of sulfonamides is 1. The van der Waals surface area contributed by atoms with Crippen LogP contribution in [0.15, 0.2) is 39.9 Å². The van der Waals surface area contributed by atoms with Gasteiger partial charge in [-0.05, 0) is 53.9 Å². The summed E-state index contributed by atoms with van der Waals surface area (Å²) in [5.74, 6) is 0. The molecule has 0 amide bonds. The minimum atomic E-state index is -3.75. The van der Waals surface area contributed by atoms with Crippen molar-refractivity contribution in [1.82, 2.24) is 0 Å². The molecule has 0 fully saturated rings. The van der Waals surface area contributed by atoms with Crippen molar-refractivity contribution in [2.75, 3.05) is 11.1 Å². The van der Waals surface area contributed by atoms with Gasteiger partial charge in [-0.25, -0.2) is 13.6 Å². The molecule has 1 atom stereocenters. The number of nitrogens with two attached hydrogens (primary N) is 2. The van der Waals surface area contributed by atoms with E-state index in [1.54, 1.807) is 17.4 Å². The monoisotopic (exact) mass is 311 g/mol. The van der Waals surface area contributed by atoms with Crippen LogP contribution in [0.1, 0.15) is 12.5 Å². The third-order valence-electron chi connectivity index (χ3n) is 2.79. The molecule has 7 heteroatoms. The number of hydrogen-bond donors (Lipinski definition) is 3. The van der Waals surface area contributed by atoms with Gasteiger partial charge in [-0.2, -0.15) is 11.3 Å². The van der Waals surface area contributed by atoms with Crippen molar-refractivity contribution in [3.8, 4) is 0 Å². The Balaban J connectivity index is 2.15. The molecular weight excluding hydrogens is 294 g/mol. The molecule has 0 bridgehead atoms. The molecule has 20 heavy (non-hydrogen) atoms. The van der Waals surface area contributed by atoms with Crippen molar-refractivity contribution >= 4 is 32.7 Å². The molecule has 5 N–H and O–H groups in total. The van der Waals surface area contributed by atoms with Gasteiger partial charge >= 0.3 is 0 Å². The van der Waals surface area contributed by atoms with Crippen molar-refractivity contribution in [2.45, 2.75) is 24.3 Å². The Morgan fingerprint density at radius 3 is 2.70 bits per heavy atom. The van der Waals surface area contributed by atoms with E-state index in [-0.39, 0.29) is 10.9 Å². The zero-order valence-electron chi connectivity index (χ0n) is 11.0. The fraction of sp³-hybridized carbons (Fsp3) is 0.231. The Hall–Kier alpha value is -1.57. The topological polar surface area (TPSA) is 98.2 Å². The van der Waals surface area contributed by atoms with Gasteiger partial charge in [0.25, 0.3) is 0 Å². The zero-order chi connectivity index (χ0) is 14.8. The van der Waals surface area contributed by atoms with E-state index in [4.69, 9.17) is 10.9 Å². The van der Waals surface area contributed by atoms with Crippen LogP contribution in [-0.4, -0.2) is 14.5 Å². The van der Waals surface area contributed by atoms with Gasteiger partial charge in [0.05, 0.1) is 4.90 Å². The molecule has 0 spiro atoms. The summed E-state index contributed by atoms with van der Waals surface area (Å²) in [7, 11) is -3.75. The van der Waals surface area contributed by atoms with E-state index < -0.39 is 10.0 Å². The summed E-state index contributed by atoms with van der Waals surface area (Å²) in [4.78, 5) is 0.0164. The highest BCUT2D eigenvalue weighted by atomic mass is 32.2. The van der Waals surface area contributed by atoms with Gasteiger partial charge in [0.15, 0.2) is 0 Å². The fourth-order valence-electron chi connectivity index (χ4n) is 1.97. The average Bonchev–Trinajstić information content (AvgIpc) is 2.79. The standard InChI is InChI=1S/C13H17N3O2S2/c1-9(4-10-2-3-19-8-10)16-12-5-11(14)6-13(7-12)20(15,17)18/h2-3,5-9,16H,4,14H2,1H3,(H2,15,17,18). The fourth-order valence-corrected chi connectivity index (χ4v) is 3.24. The lowest BCUT2D eigenvalue weighted by molar-refractivity contribution is 0.598. The molecule has 2 aromatic rings. The lowest BCUT2D eigenvalue weighted by Gasteiger charge is -2.16. The quantitative estimate of drug-likeness (QED) is 0.736. The number of nitrogen functional groups attached to an aromatic ring is 1. The second-order valence-corrected chi connectivity index (χ2v) is 7.06. The Morgan fingerprint density at radius 2 is 2.10 bits per heavy atom. The molecule has 0 saturated carbocycles. The molecule has 0 saturated heterocycles. The number of nitrogens with one attached hydrogen (secondary N) is 1. The van der Waals surface area contributed by atoms with Gasteiger partial charge in [-0.1, -0.05) is 0 Å². The van der Waals surface area contributed by atoms with E-state index in [2.05, 4.69) is 16.8 Å². The smallest absolute Gasteiger partial charge is 0.238 e. The van der Waals surface area contributed by atoms with Crippen LogP contribution in [0.2, 0.25) is 0 Å². The first kappa shape index (κ1) is 14.8. The van der Waals surface area contributed by atoms with Crippen LogP contribution < -0.4 is 16.2 Å². The van der Waals surface area contributed by atoms with Crippen LogP contribution in [0.4, 0.5) is 11.4 Å². The van der Waals surface area contributed by atoms with Crippen molar-refractivity contribution in [3.63, 3.8) is 0 Å². The van der Waals surface area contributed by atoms with Crippen LogP contribution in [0.3, 0.4) is 0 Å². The number of primary sulfonamides is 1. The number of hydrogen-bond acceptors (Lipinski definition) is 5. The van der Waals surface area contributed by atoms with Gasteiger partial charge in [0.2, 0.25) is 10.0 Å². The largest absolute Gasteiger partial charge is 0.399 e. The second kappa shape index (κ2) is 5.82. The third-order valence-corrected chi connectivity index (χ3v) is 4.42. The van der Waals surface area contributed by atoms with Gasteiger partial charge < -0.3 is 11.1 Å². The van der Waals surface area contributed by atoms with E-state index in [9.17, 15) is 8.42 Å². The van der Waals surface area contributed by atoms with Crippen molar-refractivity contribution in [3.05, 3.63) is 40.6 Å². The molecule has 0 aliphatic heterocycles. The second-order valence-electron chi connectivity index (χ2n) is 4.72. The summed E-state index contributed by atoms with van der Waals surface area (Å²) >= 11 is 1.65. The molecule has 1 heterocycles. The van der Waals surface area contributed by atoms with Gasteiger partial charge in [-0.15, -0.1) is 0 Å². The first-order valence-corrected chi connectivity index (χ1v) is 8.54. The Labute approximate surface area is 122 Å². The number of benzene rings is 1. The van der Waals surface area contributed by atoms with Gasteiger partial charge in [0.1, 0.15) is 0 Å². The minimum absolute atomic E-state index is 0.0164. The maximum absolute atomic E-state index is 11.4.